The number of nitrogens with zero attached hydrogens (tertiary/aromatic N) is 1. The van der Waals surface area contributed by atoms with Gasteiger partial charge in [0.2, 0.25) is 0 Å². The Hall–Kier alpha value is -1.16. The highest BCUT2D eigenvalue weighted by atomic mass is 32.2. The van der Waals surface area contributed by atoms with Crippen LogP contribution in [0.4, 0.5) is 5.69 Å². The Kier molecular flexibility index (Phi) is 2.86. The second-order valence-corrected chi connectivity index (χ2v) is 4.56. The molecular formula is C11H14N2OS. The highest BCUT2D eigenvalue weighted by Gasteiger charge is 2.22. The maximum atomic E-state index is 7.82. The van der Waals surface area contributed by atoms with E-state index in [1.165, 1.54) is 5.56 Å². The second-order valence-electron chi connectivity index (χ2n) is 3.48. The third kappa shape index (κ3) is 1.95. The molecule has 3 nitrogen and oxygen atoms in total. The van der Waals surface area contributed by atoms with Gasteiger partial charge in [-0.1, -0.05) is 17.8 Å². The lowest BCUT2D eigenvalue weighted by Crippen LogP contribution is -2.23. The highest BCUT2D eigenvalue weighted by molar-refractivity contribution is 8.14. The van der Waals surface area contributed by atoms with Crippen molar-refractivity contribution >= 4 is 22.6 Å². The van der Waals surface area contributed by atoms with Crippen LogP contribution in [0.1, 0.15) is 5.56 Å². The molecule has 1 N–H and O–H groups in total. The van der Waals surface area contributed by atoms with Gasteiger partial charge in [-0.05, 0) is 24.6 Å². The monoisotopic (exact) mass is 222 g/mol. The van der Waals surface area contributed by atoms with E-state index in [-0.39, 0.29) is 0 Å². The number of rotatable bonds is 2. The van der Waals surface area contributed by atoms with E-state index in [2.05, 4.69) is 13.0 Å². The lowest BCUT2D eigenvalue weighted by atomic mass is 10.2. The highest BCUT2D eigenvalue weighted by Crippen LogP contribution is 2.33. The van der Waals surface area contributed by atoms with Gasteiger partial charge in [-0.15, -0.1) is 0 Å². The average Bonchev–Trinajstić information content (AvgIpc) is 2.64. The zero-order valence-electron chi connectivity index (χ0n) is 8.91. The van der Waals surface area contributed by atoms with Crippen LogP contribution in [0, 0.1) is 12.3 Å². The number of nitrogens with one attached hydrogen (secondary N) is 1. The number of amidine groups is 1. The summed E-state index contributed by atoms with van der Waals surface area (Å²) in [7, 11) is 1.67. The minimum absolute atomic E-state index is 0.610. The Bertz CT molecular complexity index is 392. The van der Waals surface area contributed by atoms with Crippen molar-refractivity contribution in [1.82, 2.24) is 0 Å². The molecule has 1 aromatic rings. The van der Waals surface area contributed by atoms with Crippen molar-refractivity contribution < 1.29 is 4.74 Å². The molecule has 1 aliphatic heterocycles. The first-order valence-corrected chi connectivity index (χ1v) is 5.84. The van der Waals surface area contributed by atoms with Crippen LogP contribution >= 0.6 is 11.8 Å². The van der Waals surface area contributed by atoms with Crippen LogP contribution in [0.3, 0.4) is 0 Å². The molecule has 0 aromatic heterocycles. The first kappa shape index (κ1) is 10.4. The smallest absolute Gasteiger partial charge is 0.161 e. The van der Waals surface area contributed by atoms with Crippen molar-refractivity contribution in [3.8, 4) is 5.75 Å². The van der Waals surface area contributed by atoms with Crippen LogP contribution in [-0.2, 0) is 0 Å². The number of hydrogen-bond donors (Lipinski definition) is 1. The second kappa shape index (κ2) is 4.14. The predicted octanol–water partition coefficient (Wildman–Crippen LogP) is 2.49. The van der Waals surface area contributed by atoms with E-state index in [0.29, 0.717) is 5.17 Å². The van der Waals surface area contributed by atoms with E-state index in [1.54, 1.807) is 18.9 Å². The van der Waals surface area contributed by atoms with E-state index in [9.17, 15) is 0 Å². The zero-order chi connectivity index (χ0) is 10.8. The maximum absolute atomic E-state index is 7.82. The van der Waals surface area contributed by atoms with E-state index in [4.69, 9.17) is 10.1 Å². The molecule has 4 heteroatoms. The maximum Gasteiger partial charge on any atom is 0.161 e. The fourth-order valence-corrected chi connectivity index (χ4v) is 2.47. The molecule has 0 spiro atoms. The number of benzene rings is 1. The Labute approximate surface area is 93.9 Å². The fourth-order valence-electron chi connectivity index (χ4n) is 1.65. The Morgan fingerprint density at radius 3 is 2.87 bits per heavy atom. The number of hydrogen-bond acceptors (Lipinski definition) is 3. The Balaban J connectivity index is 2.40. The predicted molar refractivity (Wildman–Crippen MR) is 65.3 cm³/mol. The molecule has 15 heavy (non-hydrogen) atoms. The van der Waals surface area contributed by atoms with E-state index in [0.717, 1.165) is 23.7 Å². The molecule has 1 saturated heterocycles. The summed E-state index contributed by atoms with van der Waals surface area (Å²) in [5.74, 6) is 1.82. The number of ether oxygens (including phenoxy) is 1. The van der Waals surface area contributed by atoms with Gasteiger partial charge in [-0.25, -0.2) is 0 Å². The number of aryl methyl sites for hydroxylation is 1. The summed E-state index contributed by atoms with van der Waals surface area (Å²) in [5, 5.41) is 8.43. The molecule has 1 heterocycles. The average molecular weight is 222 g/mol. The molecule has 2 rings (SSSR count). The van der Waals surface area contributed by atoms with Crippen molar-refractivity contribution in [3.05, 3.63) is 23.8 Å². The lowest BCUT2D eigenvalue weighted by molar-refractivity contribution is 0.415. The van der Waals surface area contributed by atoms with E-state index >= 15 is 0 Å². The molecule has 0 saturated carbocycles. The SMILES string of the molecule is COc1ccc(C)cc1N1CCSC1=N. The van der Waals surface area contributed by atoms with Crippen LogP contribution in [0.15, 0.2) is 18.2 Å². The van der Waals surface area contributed by atoms with Crippen molar-refractivity contribution in [3.63, 3.8) is 0 Å². The van der Waals surface area contributed by atoms with Crippen LogP contribution in [0.2, 0.25) is 0 Å². The first-order chi connectivity index (χ1) is 7.22. The van der Waals surface area contributed by atoms with Gasteiger partial charge < -0.3 is 9.64 Å². The van der Waals surface area contributed by atoms with Gasteiger partial charge in [0.15, 0.2) is 5.17 Å². The van der Waals surface area contributed by atoms with Gasteiger partial charge in [0.1, 0.15) is 5.75 Å². The zero-order valence-corrected chi connectivity index (χ0v) is 9.73. The Morgan fingerprint density at radius 2 is 2.27 bits per heavy atom. The van der Waals surface area contributed by atoms with Crippen LogP contribution < -0.4 is 9.64 Å². The first-order valence-electron chi connectivity index (χ1n) is 4.86. The summed E-state index contributed by atoms with van der Waals surface area (Å²) >= 11 is 1.58. The molecule has 1 aliphatic rings. The minimum Gasteiger partial charge on any atom is -0.495 e. The van der Waals surface area contributed by atoms with Gasteiger partial charge in [0.25, 0.3) is 0 Å². The van der Waals surface area contributed by atoms with Gasteiger partial charge in [-0.3, -0.25) is 5.41 Å². The number of thioether (sulfide) groups is 1. The van der Waals surface area contributed by atoms with E-state index < -0.39 is 0 Å². The molecule has 0 bridgehead atoms. The molecule has 0 aliphatic carbocycles. The van der Waals surface area contributed by atoms with Crippen molar-refractivity contribution in [2.75, 3.05) is 24.3 Å². The summed E-state index contributed by atoms with van der Waals surface area (Å²) in [5.41, 5.74) is 2.20. The normalized spacial score (nSPS) is 15.9. The molecule has 80 valence electrons. The third-order valence-corrected chi connectivity index (χ3v) is 3.30. The Morgan fingerprint density at radius 1 is 1.47 bits per heavy atom. The van der Waals surface area contributed by atoms with Crippen molar-refractivity contribution in [1.29, 1.82) is 5.41 Å². The standard InChI is InChI=1S/C11H14N2OS/c1-8-3-4-10(14-2)9(7-8)13-5-6-15-11(13)12/h3-4,7,12H,5-6H2,1-2H3. The summed E-state index contributed by atoms with van der Waals surface area (Å²) < 4.78 is 5.31. The van der Waals surface area contributed by atoms with Crippen molar-refractivity contribution in [2.45, 2.75) is 6.92 Å². The van der Waals surface area contributed by atoms with Gasteiger partial charge in [-0.2, -0.15) is 0 Å². The number of methoxy groups -OCH3 is 1. The number of anilines is 1. The molecule has 0 radical (unpaired) electrons. The minimum atomic E-state index is 0.610. The van der Waals surface area contributed by atoms with Gasteiger partial charge >= 0.3 is 0 Å². The van der Waals surface area contributed by atoms with Crippen molar-refractivity contribution in [2.24, 2.45) is 0 Å². The molecular weight excluding hydrogens is 208 g/mol. The van der Waals surface area contributed by atoms with Gasteiger partial charge in [0.05, 0.1) is 12.8 Å². The third-order valence-electron chi connectivity index (χ3n) is 2.42. The van der Waals surface area contributed by atoms with Crippen LogP contribution in [-0.4, -0.2) is 24.6 Å². The molecule has 0 unspecified atom stereocenters. The summed E-state index contributed by atoms with van der Waals surface area (Å²) in [6, 6.07) is 6.05. The summed E-state index contributed by atoms with van der Waals surface area (Å²) in [4.78, 5) is 2.00. The van der Waals surface area contributed by atoms with Crippen LogP contribution in [0.5, 0.6) is 5.75 Å². The van der Waals surface area contributed by atoms with E-state index in [1.807, 2.05) is 17.0 Å². The summed E-state index contributed by atoms with van der Waals surface area (Å²) in [6.45, 7) is 2.94. The van der Waals surface area contributed by atoms with Gasteiger partial charge in [0, 0.05) is 12.3 Å². The molecule has 0 amide bonds. The molecule has 1 aromatic carbocycles. The largest absolute Gasteiger partial charge is 0.495 e. The van der Waals surface area contributed by atoms with Crippen LogP contribution in [0.25, 0.3) is 0 Å². The summed E-state index contributed by atoms with van der Waals surface area (Å²) in [6.07, 6.45) is 0. The topological polar surface area (TPSA) is 36.3 Å². The molecule has 0 atom stereocenters. The fraction of sp³-hybridized carbons (Fsp3) is 0.364. The lowest BCUT2D eigenvalue weighted by Gasteiger charge is -2.20. The molecule has 1 fully saturated rings. The quantitative estimate of drug-likeness (QED) is 0.835.